The van der Waals surface area contributed by atoms with Crippen molar-refractivity contribution < 1.29 is 26.3 Å². The van der Waals surface area contributed by atoms with Gasteiger partial charge in [0, 0.05) is 0 Å². The second kappa shape index (κ2) is 3.23. The first-order valence-corrected chi connectivity index (χ1v) is 2.69. The van der Waals surface area contributed by atoms with Crippen LogP contribution >= 0.6 is 0 Å². The lowest BCUT2D eigenvalue weighted by atomic mass is 10.1. The van der Waals surface area contributed by atoms with E-state index >= 15 is 0 Å². The van der Waals surface area contributed by atoms with Crippen molar-refractivity contribution in [1.29, 1.82) is 0 Å². The molecule has 0 heterocycles. The van der Waals surface area contributed by atoms with Crippen LogP contribution in [-0.4, -0.2) is 12.4 Å². The van der Waals surface area contributed by atoms with Crippen LogP contribution in [0.2, 0.25) is 0 Å². The second-order valence-electron chi connectivity index (χ2n) is 1.93. The van der Waals surface area contributed by atoms with Gasteiger partial charge in [-0.15, -0.1) is 5.73 Å². The minimum absolute atomic E-state index is 0.153. The van der Waals surface area contributed by atoms with Gasteiger partial charge in [-0.2, -0.15) is 26.3 Å². The zero-order valence-electron chi connectivity index (χ0n) is 5.63. The molecule has 0 aromatic rings. The molecule has 0 rings (SSSR count). The molecule has 6 heteroatoms. The highest BCUT2D eigenvalue weighted by molar-refractivity contribution is 4.93. The summed E-state index contributed by atoms with van der Waals surface area (Å²) in [6.45, 7) is 2.65. The fourth-order valence-electron chi connectivity index (χ4n) is 0.492. The monoisotopic (exact) mass is 190 g/mol. The van der Waals surface area contributed by atoms with Crippen molar-refractivity contribution in [1.82, 2.24) is 0 Å². The van der Waals surface area contributed by atoms with Crippen LogP contribution in [0.3, 0.4) is 0 Å². The molecule has 70 valence electrons. The van der Waals surface area contributed by atoms with Gasteiger partial charge in [-0.05, 0) is 6.08 Å². The van der Waals surface area contributed by atoms with Crippen LogP contribution in [0, 0.1) is 5.92 Å². The van der Waals surface area contributed by atoms with E-state index in [-0.39, 0.29) is 6.08 Å². The maximum absolute atomic E-state index is 11.6. The van der Waals surface area contributed by atoms with E-state index in [1.165, 1.54) is 5.73 Å². The van der Waals surface area contributed by atoms with Gasteiger partial charge in [0.2, 0.25) is 0 Å². The van der Waals surface area contributed by atoms with Crippen LogP contribution in [0.15, 0.2) is 18.4 Å². The van der Waals surface area contributed by atoms with E-state index in [0.717, 1.165) is 0 Å². The summed E-state index contributed by atoms with van der Waals surface area (Å²) in [7, 11) is 0. The highest BCUT2D eigenvalue weighted by Gasteiger charge is 2.55. The average molecular weight is 190 g/mol. The molecule has 0 aromatic heterocycles. The number of rotatable bonds is 1. The zero-order valence-corrected chi connectivity index (χ0v) is 5.63. The van der Waals surface area contributed by atoms with E-state index in [4.69, 9.17) is 0 Å². The third-order valence-corrected chi connectivity index (χ3v) is 0.990. The van der Waals surface area contributed by atoms with Crippen LogP contribution in [0.25, 0.3) is 0 Å². The van der Waals surface area contributed by atoms with E-state index in [1.54, 1.807) is 0 Å². The summed E-state index contributed by atoms with van der Waals surface area (Å²) in [4.78, 5) is 0. The van der Waals surface area contributed by atoms with Gasteiger partial charge in [-0.25, -0.2) is 0 Å². The fraction of sp³-hybridized carbons (Fsp3) is 0.500. The molecule has 0 N–H and O–H groups in total. The summed E-state index contributed by atoms with van der Waals surface area (Å²) in [5.74, 6) is -3.47. The van der Waals surface area contributed by atoms with Crippen LogP contribution in [0.5, 0.6) is 0 Å². The van der Waals surface area contributed by atoms with Gasteiger partial charge >= 0.3 is 12.4 Å². The van der Waals surface area contributed by atoms with Crippen LogP contribution in [0.1, 0.15) is 0 Å². The lowest BCUT2D eigenvalue weighted by molar-refractivity contribution is -0.267. The molecule has 0 spiro atoms. The Balaban J connectivity index is 4.81. The lowest BCUT2D eigenvalue weighted by Gasteiger charge is -2.18. The Bertz CT molecular complexity index is 177. The predicted octanol–water partition coefficient (Wildman–Crippen LogP) is 3.07. The van der Waals surface area contributed by atoms with Crippen LogP contribution < -0.4 is 0 Å². The molecule has 0 radical (unpaired) electrons. The first-order valence-electron chi connectivity index (χ1n) is 2.69. The summed E-state index contributed by atoms with van der Waals surface area (Å²) >= 11 is 0. The molecule has 0 nitrogen and oxygen atoms in total. The van der Waals surface area contributed by atoms with Crippen molar-refractivity contribution >= 4 is 0 Å². The first kappa shape index (κ1) is 11.1. The van der Waals surface area contributed by atoms with Gasteiger partial charge in [0.05, 0.1) is 0 Å². The molecule has 0 aliphatic carbocycles. The van der Waals surface area contributed by atoms with E-state index in [0.29, 0.717) is 0 Å². The number of hydrogen-bond acceptors (Lipinski definition) is 0. The standard InChI is InChI=1S/C6H4F6/c1-2-3-4(5(7,8)9)6(10,11)12/h3-4H,1H2. The molecular formula is C6H4F6. The van der Waals surface area contributed by atoms with E-state index in [1.807, 2.05) is 0 Å². The molecule has 0 aliphatic heterocycles. The highest BCUT2D eigenvalue weighted by atomic mass is 19.4. The number of halogens is 6. The van der Waals surface area contributed by atoms with Gasteiger partial charge in [0.1, 0.15) is 0 Å². The molecule has 0 amide bonds. The Kier molecular flexibility index (Phi) is 2.98. The average Bonchev–Trinajstić information content (AvgIpc) is 1.77. The predicted molar refractivity (Wildman–Crippen MR) is 29.3 cm³/mol. The van der Waals surface area contributed by atoms with E-state index in [2.05, 4.69) is 6.58 Å². The minimum atomic E-state index is -5.33. The molecule has 0 atom stereocenters. The van der Waals surface area contributed by atoms with Crippen molar-refractivity contribution in [2.45, 2.75) is 12.4 Å². The highest BCUT2D eigenvalue weighted by Crippen LogP contribution is 2.39. The Morgan fingerprint density at radius 3 is 1.42 bits per heavy atom. The summed E-state index contributed by atoms with van der Waals surface area (Å²) in [6.07, 6.45) is -10.8. The Hall–Kier alpha value is -0.900. The fourth-order valence-corrected chi connectivity index (χ4v) is 0.492. The second-order valence-corrected chi connectivity index (χ2v) is 1.93. The minimum Gasteiger partial charge on any atom is -0.170 e. The number of alkyl halides is 6. The molecule has 0 fully saturated rings. The van der Waals surface area contributed by atoms with Gasteiger partial charge in [0.15, 0.2) is 5.92 Å². The molecule has 0 aromatic carbocycles. The van der Waals surface area contributed by atoms with Crippen molar-refractivity contribution in [3.05, 3.63) is 18.4 Å². The lowest BCUT2D eigenvalue weighted by Crippen LogP contribution is -2.34. The number of allylic oxidation sites excluding steroid dienone is 1. The van der Waals surface area contributed by atoms with Crippen molar-refractivity contribution in [3.63, 3.8) is 0 Å². The van der Waals surface area contributed by atoms with Crippen LogP contribution in [0.4, 0.5) is 26.3 Å². The largest absolute Gasteiger partial charge is 0.404 e. The SMILES string of the molecule is C=C=CC(C(F)(F)F)C(F)(F)F. The topological polar surface area (TPSA) is 0 Å². The molecule has 0 saturated carbocycles. The Morgan fingerprint density at radius 2 is 1.33 bits per heavy atom. The zero-order chi connectivity index (χ0) is 9.99. The van der Waals surface area contributed by atoms with E-state index in [9.17, 15) is 26.3 Å². The summed E-state index contributed by atoms with van der Waals surface area (Å²) in [6, 6.07) is 0. The molecular weight excluding hydrogens is 186 g/mol. The smallest absolute Gasteiger partial charge is 0.170 e. The normalized spacial score (nSPS) is 12.9. The van der Waals surface area contributed by atoms with Crippen molar-refractivity contribution in [2.75, 3.05) is 0 Å². The van der Waals surface area contributed by atoms with Crippen molar-refractivity contribution in [2.24, 2.45) is 5.92 Å². The number of hydrogen-bond donors (Lipinski definition) is 0. The van der Waals surface area contributed by atoms with Gasteiger partial charge in [-0.3, -0.25) is 0 Å². The molecule has 0 aliphatic rings. The van der Waals surface area contributed by atoms with Gasteiger partial charge in [0.25, 0.3) is 0 Å². The maximum Gasteiger partial charge on any atom is 0.404 e. The third-order valence-electron chi connectivity index (χ3n) is 0.990. The molecule has 12 heavy (non-hydrogen) atoms. The third kappa shape index (κ3) is 3.00. The summed E-state index contributed by atoms with van der Waals surface area (Å²) < 4.78 is 69.5. The van der Waals surface area contributed by atoms with Crippen LogP contribution in [-0.2, 0) is 0 Å². The quantitative estimate of drug-likeness (QED) is 0.440. The maximum atomic E-state index is 11.6. The van der Waals surface area contributed by atoms with Gasteiger partial charge in [-0.1, -0.05) is 6.58 Å². The van der Waals surface area contributed by atoms with Crippen molar-refractivity contribution in [3.8, 4) is 0 Å². The molecule has 0 bridgehead atoms. The Labute approximate surface area is 64.2 Å². The Morgan fingerprint density at radius 1 is 1.00 bits per heavy atom. The molecule has 0 unspecified atom stereocenters. The first-order chi connectivity index (χ1) is 5.19. The van der Waals surface area contributed by atoms with Gasteiger partial charge < -0.3 is 0 Å². The van der Waals surface area contributed by atoms with E-state index < -0.39 is 18.3 Å². The summed E-state index contributed by atoms with van der Waals surface area (Å²) in [5, 5.41) is 0. The molecule has 0 saturated heterocycles. The summed E-state index contributed by atoms with van der Waals surface area (Å²) in [5.41, 5.74) is 1.47.